The molecule has 86 valence electrons. The van der Waals surface area contributed by atoms with Crippen LogP contribution in [0.25, 0.3) is 0 Å². The van der Waals surface area contributed by atoms with E-state index >= 15 is 0 Å². The van der Waals surface area contributed by atoms with Gasteiger partial charge >= 0.3 is 0 Å². The molecule has 1 heterocycles. The first-order valence-electron chi connectivity index (χ1n) is 5.49. The molecule has 0 spiro atoms. The number of nitrogens with zero attached hydrogens (tertiary/aromatic N) is 1. The van der Waals surface area contributed by atoms with Gasteiger partial charge in [-0.05, 0) is 20.8 Å². The lowest BCUT2D eigenvalue weighted by Gasteiger charge is -2.43. The van der Waals surface area contributed by atoms with Crippen molar-refractivity contribution in [2.24, 2.45) is 0 Å². The van der Waals surface area contributed by atoms with E-state index in [1.807, 2.05) is 0 Å². The molecule has 1 saturated heterocycles. The summed E-state index contributed by atoms with van der Waals surface area (Å²) < 4.78 is 5.30. The summed E-state index contributed by atoms with van der Waals surface area (Å²) in [5.74, 6) is 5.76. The van der Waals surface area contributed by atoms with Crippen LogP contribution in [0, 0.1) is 11.8 Å². The van der Waals surface area contributed by atoms with Crippen LogP contribution in [0.2, 0.25) is 0 Å². The normalized spacial score (nSPS) is 20.5. The van der Waals surface area contributed by atoms with Crippen molar-refractivity contribution in [1.82, 2.24) is 4.90 Å². The van der Waals surface area contributed by atoms with Gasteiger partial charge in [0.2, 0.25) is 0 Å². The van der Waals surface area contributed by atoms with Gasteiger partial charge in [0, 0.05) is 25.0 Å². The molecule has 0 amide bonds. The van der Waals surface area contributed by atoms with Crippen LogP contribution >= 0.6 is 0 Å². The van der Waals surface area contributed by atoms with E-state index in [1.54, 1.807) is 6.92 Å². The van der Waals surface area contributed by atoms with Crippen LogP contribution in [0.4, 0.5) is 0 Å². The molecule has 0 aromatic carbocycles. The van der Waals surface area contributed by atoms with Crippen molar-refractivity contribution < 1.29 is 9.84 Å². The van der Waals surface area contributed by atoms with Gasteiger partial charge in [-0.3, -0.25) is 4.90 Å². The summed E-state index contributed by atoms with van der Waals surface area (Å²) in [6.45, 7) is 9.24. The first-order chi connectivity index (χ1) is 7.09. The van der Waals surface area contributed by atoms with Crippen LogP contribution in [-0.2, 0) is 4.74 Å². The molecule has 1 atom stereocenters. The van der Waals surface area contributed by atoms with E-state index in [1.165, 1.54) is 0 Å². The number of hydrogen-bond donors (Lipinski definition) is 1. The fourth-order valence-corrected chi connectivity index (χ4v) is 1.80. The van der Waals surface area contributed by atoms with E-state index in [4.69, 9.17) is 4.74 Å². The molecule has 0 bridgehead atoms. The lowest BCUT2D eigenvalue weighted by Crippen LogP contribution is -2.56. The van der Waals surface area contributed by atoms with Gasteiger partial charge < -0.3 is 9.84 Å². The second kappa shape index (κ2) is 5.50. The molecule has 0 saturated carbocycles. The van der Waals surface area contributed by atoms with Crippen LogP contribution in [0.1, 0.15) is 27.2 Å². The van der Waals surface area contributed by atoms with Crippen LogP contribution in [0.5, 0.6) is 0 Å². The van der Waals surface area contributed by atoms with Crippen molar-refractivity contribution in [2.75, 3.05) is 26.3 Å². The molecule has 1 N–H and O–H groups in total. The molecule has 1 rings (SSSR count). The topological polar surface area (TPSA) is 32.7 Å². The molecule has 0 aromatic rings. The Kier molecular flexibility index (Phi) is 4.59. The quantitative estimate of drug-likeness (QED) is 0.703. The van der Waals surface area contributed by atoms with Crippen LogP contribution in [-0.4, -0.2) is 48.0 Å². The molecular weight excluding hydrogens is 190 g/mol. The number of aliphatic hydroxyl groups is 1. The predicted molar refractivity (Wildman–Crippen MR) is 60.5 cm³/mol. The van der Waals surface area contributed by atoms with Crippen LogP contribution < -0.4 is 0 Å². The SMILES string of the molecule is CC#CCC(O)C(C)(C)N1CCOCC1. The van der Waals surface area contributed by atoms with E-state index in [9.17, 15) is 5.11 Å². The third-order valence-corrected chi connectivity index (χ3v) is 3.11. The highest BCUT2D eigenvalue weighted by Gasteiger charge is 2.34. The molecule has 0 aromatic heterocycles. The minimum atomic E-state index is -0.400. The highest BCUT2D eigenvalue weighted by atomic mass is 16.5. The molecule has 3 heteroatoms. The number of hydrogen-bond acceptors (Lipinski definition) is 3. The van der Waals surface area contributed by atoms with Crippen molar-refractivity contribution in [3.8, 4) is 11.8 Å². The predicted octanol–water partition coefficient (Wildman–Crippen LogP) is 0.871. The Hall–Kier alpha value is -0.560. The highest BCUT2D eigenvalue weighted by molar-refractivity contribution is 5.02. The monoisotopic (exact) mass is 211 g/mol. The van der Waals surface area contributed by atoms with Gasteiger partial charge in [0.1, 0.15) is 0 Å². The molecule has 0 aliphatic carbocycles. The maximum Gasteiger partial charge on any atom is 0.0827 e. The highest BCUT2D eigenvalue weighted by Crippen LogP contribution is 2.22. The number of rotatable bonds is 3. The first-order valence-corrected chi connectivity index (χ1v) is 5.49. The van der Waals surface area contributed by atoms with Gasteiger partial charge in [-0.2, -0.15) is 0 Å². The van der Waals surface area contributed by atoms with Crippen LogP contribution in [0.15, 0.2) is 0 Å². The average Bonchev–Trinajstić information content (AvgIpc) is 2.27. The zero-order chi connectivity index (χ0) is 11.3. The summed E-state index contributed by atoms with van der Waals surface area (Å²) in [6.07, 6.45) is 0.143. The lowest BCUT2D eigenvalue weighted by atomic mass is 9.92. The first kappa shape index (κ1) is 12.5. The van der Waals surface area contributed by atoms with Crippen LogP contribution in [0.3, 0.4) is 0 Å². The lowest BCUT2D eigenvalue weighted by molar-refractivity contribution is -0.0598. The van der Waals surface area contributed by atoms with Gasteiger partial charge in [0.25, 0.3) is 0 Å². The minimum Gasteiger partial charge on any atom is -0.390 e. The maximum atomic E-state index is 10.1. The molecule has 1 aliphatic heterocycles. The Morgan fingerprint density at radius 2 is 2.00 bits per heavy atom. The Morgan fingerprint density at radius 1 is 1.40 bits per heavy atom. The Labute approximate surface area is 92.4 Å². The maximum absolute atomic E-state index is 10.1. The Bertz CT molecular complexity index is 246. The smallest absolute Gasteiger partial charge is 0.0827 e. The summed E-state index contributed by atoms with van der Waals surface area (Å²) in [5.41, 5.74) is -0.215. The van der Waals surface area contributed by atoms with Gasteiger partial charge in [-0.25, -0.2) is 0 Å². The van der Waals surface area contributed by atoms with Crippen molar-refractivity contribution in [1.29, 1.82) is 0 Å². The standard InChI is InChI=1S/C12H21NO2/c1-4-5-6-11(14)12(2,3)13-7-9-15-10-8-13/h11,14H,6-10H2,1-3H3. The zero-order valence-electron chi connectivity index (χ0n) is 9.92. The van der Waals surface area contributed by atoms with E-state index in [2.05, 4.69) is 30.6 Å². The molecule has 0 radical (unpaired) electrons. The average molecular weight is 211 g/mol. The van der Waals surface area contributed by atoms with Crippen molar-refractivity contribution in [2.45, 2.75) is 38.8 Å². The third-order valence-electron chi connectivity index (χ3n) is 3.11. The van der Waals surface area contributed by atoms with Gasteiger partial charge in [0.15, 0.2) is 0 Å². The third kappa shape index (κ3) is 3.20. The molecular formula is C12H21NO2. The summed E-state index contributed by atoms with van der Waals surface area (Å²) in [5, 5.41) is 10.1. The van der Waals surface area contributed by atoms with E-state index in [0.717, 1.165) is 26.3 Å². The number of aliphatic hydroxyl groups excluding tert-OH is 1. The molecule has 3 nitrogen and oxygen atoms in total. The van der Waals surface area contributed by atoms with Gasteiger partial charge in [0.05, 0.1) is 19.3 Å². The summed E-state index contributed by atoms with van der Waals surface area (Å²) >= 11 is 0. The minimum absolute atomic E-state index is 0.215. The van der Waals surface area contributed by atoms with E-state index in [-0.39, 0.29) is 5.54 Å². The summed E-state index contributed by atoms with van der Waals surface area (Å²) in [4.78, 5) is 2.28. The molecule has 1 aliphatic rings. The fourth-order valence-electron chi connectivity index (χ4n) is 1.80. The molecule has 15 heavy (non-hydrogen) atoms. The molecule has 1 fully saturated rings. The second-order valence-corrected chi connectivity index (χ2v) is 4.40. The van der Waals surface area contributed by atoms with E-state index in [0.29, 0.717) is 6.42 Å². The number of morpholine rings is 1. The largest absolute Gasteiger partial charge is 0.390 e. The van der Waals surface area contributed by atoms with Crippen molar-refractivity contribution in [3.63, 3.8) is 0 Å². The second-order valence-electron chi connectivity index (χ2n) is 4.40. The fraction of sp³-hybridized carbons (Fsp3) is 0.833. The number of ether oxygens (including phenoxy) is 1. The zero-order valence-corrected chi connectivity index (χ0v) is 9.92. The van der Waals surface area contributed by atoms with Crippen molar-refractivity contribution in [3.05, 3.63) is 0 Å². The summed E-state index contributed by atoms with van der Waals surface area (Å²) in [7, 11) is 0. The Morgan fingerprint density at radius 3 is 2.53 bits per heavy atom. The molecule has 1 unspecified atom stereocenters. The summed E-state index contributed by atoms with van der Waals surface area (Å²) in [6, 6.07) is 0. The Balaban J connectivity index is 2.56. The van der Waals surface area contributed by atoms with Gasteiger partial charge in [-0.15, -0.1) is 11.8 Å². The van der Waals surface area contributed by atoms with Crippen molar-refractivity contribution >= 4 is 0 Å². The van der Waals surface area contributed by atoms with E-state index < -0.39 is 6.10 Å². The van der Waals surface area contributed by atoms with Gasteiger partial charge in [-0.1, -0.05) is 0 Å².